The Bertz CT molecular complexity index is 855. The molecule has 1 fully saturated rings. The van der Waals surface area contributed by atoms with E-state index in [4.69, 9.17) is 14.2 Å². The van der Waals surface area contributed by atoms with Crippen molar-refractivity contribution in [3.05, 3.63) is 66.7 Å². The molecular formula is C25H32N2O4. The van der Waals surface area contributed by atoms with Crippen LogP contribution in [0.1, 0.15) is 18.4 Å². The number of piperidine rings is 1. The Kier molecular flexibility index (Phi) is 8.79. The molecule has 1 aliphatic heterocycles. The van der Waals surface area contributed by atoms with Gasteiger partial charge in [-0.05, 0) is 43.5 Å². The molecule has 0 aliphatic carbocycles. The molecule has 6 nitrogen and oxygen atoms in total. The first-order chi connectivity index (χ1) is 15.2. The third-order valence-electron chi connectivity index (χ3n) is 5.34. The number of ether oxygens (including phenoxy) is 3. The Labute approximate surface area is 184 Å². The molecule has 0 saturated carbocycles. The summed E-state index contributed by atoms with van der Waals surface area (Å²) in [4.78, 5) is 14.7. The summed E-state index contributed by atoms with van der Waals surface area (Å²) in [7, 11) is 1.58. The maximum Gasteiger partial charge on any atom is 0.257 e. The number of para-hydroxylation sites is 3. The maximum atomic E-state index is 12.3. The molecule has 3 rings (SSSR count). The third kappa shape index (κ3) is 7.03. The molecule has 1 saturated heterocycles. The molecule has 31 heavy (non-hydrogen) atoms. The zero-order valence-corrected chi connectivity index (χ0v) is 18.2. The molecule has 166 valence electrons. The highest BCUT2D eigenvalue weighted by Crippen LogP contribution is 2.26. The van der Waals surface area contributed by atoms with Crippen molar-refractivity contribution < 1.29 is 19.0 Å². The van der Waals surface area contributed by atoms with Crippen LogP contribution in [0, 0.1) is 5.92 Å². The molecular weight excluding hydrogens is 392 g/mol. The number of methoxy groups -OCH3 is 1. The quantitative estimate of drug-likeness (QED) is 0.558. The lowest BCUT2D eigenvalue weighted by Gasteiger charge is -2.33. The van der Waals surface area contributed by atoms with E-state index >= 15 is 0 Å². The number of carbonyl (C=O) groups is 1. The molecule has 6 heteroatoms. The summed E-state index contributed by atoms with van der Waals surface area (Å²) in [5.74, 6) is 2.40. The van der Waals surface area contributed by atoms with Gasteiger partial charge in [-0.25, -0.2) is 0 Å². The average Bonchev–Trinajstić information content (AvgIpc) is 2.81. The smallest absolute Gasteiger partial charge is 0.257 e. The van der Waals surface area contributed by atoms with Crippen molar-refractivity contribution in [3.63, 3.8) is 0 Å². The van der Waals surface area contributed by atoms with Gasteiger partial charge < -0.3 is 19.5 Å². The number of amides is 1. The van der Waals surface area contributed by atoms with Crippen LogP contribution >= 0.6 is 0 Å². The fraction of sp³-hybridized carbons (Fsp3) is 0.400. The van der Waals surface area contributed by atoms with Crippen molar-refractivity contribution in [2.75, 3.05) is 40.0 Å². The second-order valence-corrected chi connectivity index (χ2v) is 7.69. The summed E-state index contributed by atoms with van der Waals surface area (Å²) in [5.41, 5.74) is 1.18. The van der Waals surface area contributed by atoms with Gasteiger partial charge in [0.2, 0.25) is 0 Å². The zero-order chi connectivity index (χ0) is 21.9. The van der Waals surface area contributed by atoms with E-state index < -0.39 is 0 Å². The third-order valence-corrected chi connectivity index (χ3v) is 5.34. The zero-order valence-electron chi connectivity index (χ0n) is 18.2. The monoisotopic (exact) mass is 424 g/mol. The molecule has 2 aromatic rings. The minimum absolute atomic E-state index is 0.0230. The van der Waals surface area contributed by atoms with E-state index in [0.29, 0.717) is 30.6 Å². The molecule has 0 spiro atoms. The number of carbonyl (C=O) groups excluding carboxylic acids is 1. The second-order valence-electron chi connectivity index (χ2n) is 7.69. The van der Waals surface area contributed by atoms with Gasteiger partial charge in [-0.1, -0.05) is 43.0 Å². The van der Waals surface area contributed by atoms with Crippen molar-refractivity contribution >= 4 is 5.91 Å². The van der Waals surface area contributed by atoms with Crippen LogP contribution in [-0.4, -0.2) is 50.8 Å². The van der Waals surface area contributed by atoms with Crippen molar-refractivity contribution in [2.24, 2.45) is 5.92 Å². The normalized spacial score (nSPS) is 16.4. The fourth-order valence-electron chi connectivity index (χ4n) is 3.82. The van der Waals surface area contributed by atoms with E-state index in [9.17, 15) is 4.79 Å². The lowest BCUT2D eigenvalue weighted by molar-refractivity contribution is -0.123. The van der Waals surface area contributed by atoms with Crippen LogP contribution in [0.15, 0.2) is 61.2 Å². The van der Waals surface area contributed by atoms with Crippen molar-refractivity contribution in [1.29, 1.82) is 0 Å². The first-order valence-electron chi connectivity index (χ1n) is 10.8. The van der Waals surface area contributed by atoms with Crippen LogP contribution in [-0.2, 0) is 11.3 Å². The summed E-state index contributed by atoms with van der Waals surface area (Å²) in [6.45, 7) is 7.69. The number of hydrogen-bond acceptors (Lipinski definition) is 5. The van der Waals surface area contributed by atoms with Crippen molar-refractivity contribution in [3.8, 4) is 17.2 Å². The van der Waals surface area contributed by atoms with Crippen LogP contribution in [0.25, 0.3) is 0 Å². The highest BCUT2D eigenvalue weighted by atomic mass is 16.5. The highest BCUT2D eigenvalue weighted by Gasteiger charge is 2.21. The predicted molar refractivity (Wildman–Crippen MR) is 122 cm³/mol. The minimum atomic E-state index is -0.119. The Balaban J connectivity index is 1.44. The van der Waals surface area contributed by atoms with Gasteiger partial charge in [-0.15, -0.1) is 0 Å². The maximum absolute atomic E-state index is 12.3. The van der Waals surface area contributed by atoms with E-state index in [1.807, 2.05) is 36.4 Å². The molecule has 1 amide bonds. The van der Waals surface area contributed by atoms with Crippen LogP contribution in [0.3, 0.4) is 0 Å². The molecule has 1 aliphatic rings. The van der Waals surface area contributed by atoms with E-state index in [1.54, 1.807) is 19.3 Å². The van der Waals surface area contributed by atoms with Crippen LogP contribution in [0.5, 0.6) is 17.2 Å². The fourth-order valence-corrected chi connectivity index (χ4v) is 3.82. The van der Waals surface area contributed by atoms with Gasteiger partial charge >= 0.3 is 0 Å². The summed E-state index contributed by atoms with van der Waals surface area (Å²) < 4.78 is 16.6. The lowest BCUT2D eigenvalue weighted by atomic mass is 9.97. The molecule has 1 N–H and O–H groups in total. The number of benzene rings is 2. The van der Waals surface area contributed by atoms with E-state index in [2.05, 4.69) is 22.9 Å². The van der Waals surface area contributed by atoms with E-state index in [1.165, 1.54) is 5.56 Å². The topological polar surface area (TPSA) is 60.0 Å². The first-order valence-corrected chi connectivity index (χ1v) is 10.8. The van der Waals surface area contributed by atoms with Gasteiger partial charge in [0.15, 0.2) is 18.1 Å². The number of likely N-dealkylation sites (tertiary alicyclic amines) is 1. The van der Waals surface area contributed by atoms with E-state index in [-0.39, 0.29) is 12.5 Å². The van der Waals surface area contributed by atoms with Gasteiger partial charge in [0.1, 0.15) is 12.4 Å². The largest absolute Gasteiger partial charge is 0.493 e. The standard InChI is InChI=1S/C25H32N2O4/c1-3-15-30-22-11-5-4-10-21(22)18-27-14-8-9-20(17-27)16-26-25(28)19-31-24-13-7-6-12-23(24)29-2/h3-7,10-13,20H,1,8-9,14-19H2,2H3,(H,26,28)/t20-/m0/s1. The van der Waals surface area contributed by atoms with Gasteiger partial charge in [0, 0.05) is 25.2 Å². The summed E-state index contributed by atoms with van der Waals surface area (Å²) in [6, 6.07) is 15.5. The Morgan fingerprint density at radius 2 is 1.87 bits per heavy atom. The SMILES string of the molecule is C=CCOc1ccccc1CN1CCC[C@@H](CNC(=O)COc2ccccc2OC)C1. The molecule has 0 bridgehead atoms. The molecule has 0 unspecified atom stereocenters. The molecule has 0 aromatic heterocycles. The van der Waals surface area contributed by atoms with Crippen molar-refractivity contribution in [1.82, 2.24) is 10.2 Å². The molecule has 1 heterocycles. The molecule has 1 atom stereocenters. The van der Waals surface area contributed by atoms with Gasteiger partial charge in [-0.2, -0.15) is 0 Å². The van der Waals surface area contributed by atoms with Gasteiger partial charge in [0.05, 0.1) is 7.11 Å². The summed E-state index contributed by atoms with van der Waals surface area (Å²) in [5, 5.41) is 3.02. The average molecular weight is 425 g/mol. The van der Waals surface area contributed by atoms with Crippen LogP contribution in [0.2, 0.25) is 0 Å². The number of nitrogens with one attached hydrogen (secondary N) is 1. The predicted octanol–water partition coefficient (Wildman–Crippen LogP) is 3.67. The number of hydrogen-bond donors (Lipinski definition) is 1. The molecule has 0 radical (unpaired) electrons. The molecule has 2 aromatic carbocycles. The van der Waals surface area contributed by atoms with Gasteiger partial charge in [0.25, 0.3) is 5.91 Å². The summed E-state index contributed by atoms with van der Waals surface area (Å²) in [6.07, 6.45) is 3.99. The number of rotatable bonds is 11. The van der Waals surface area contributed by atoms with Gasteiger partial charge in [-0.3, -0.25) is 9.69 Å². The Morgan fingerprint density at radius 3 is 2.65 bits per heavy atom. The number of nitrogens with zero attached hydrogens (tertiary/aromatic N) is 1. The Hall–Kier alpha value is -2.99. The van der Waals surface area contributed by atoms with E-state index in [0.717, 1.165) is 38.2 Å². The van der Waals surface area contributed by atoms with Crippen LogP contribution in [0.4, 0.5) is 0 Å². The minimum Gasteiger partial charge on any atom is -0.493 e. The summed E-state index contributed by atoms with van der Waals surface area (Å²) >= 11 is 0. The van der Waals surface area contributed by atoms with Crippen LogP contribution < -0.4 is 19.5 Å². The lowest BCUT2D eigenvalue weighted by Crippen LogP contribution is -2.41. The second kappa shape index (κ2) is 12.0. The first kappa shape index (κ1) is 22.7. The Morgan fingerprint density at radius 1 is 1.13 bits per heavy atom. The van der Waals surface area contributed by atoms with Crippen molar-refractivity contribution in [2.45, 2.75) is 19.4 Å². The highest BCUT2D eigenvalue weighted by molar-refractivity contribution is 5.77.